The molecule has 1 aliphatic heterocycles. The predicted octanol–water partition coefficient (Wildman–Crippen LogP) is 4.31. The van der Waals surface area contributed by atoms with Gasteiger partial charge < -0.3 is 15.1 Å². The van der Waals surface area contributed by atoms with Crippen LogP contribution in [0.2, 0.25) is 5.02 Å². The zero-order valence-electron chi connectivity index (χ0n) is 14.1. The highest BCUT2D eigenvalue weighted by atomic mass is 35.5. The maximum atomic E-state index is 12.5. The van der Waals surface area contributed by atoms with Crippen molar-refractivity contribution in [2.24, 2.45) is 0 Å². The van der Waals surface area contributed by atoms with Gasteiger partial charge in [-0.15, -0.1) is 0 Å². The van der Waals surface area contributed by atoms with Crippen molar-refractivity contribution in [3.8, 4) is 0 Å². The van der Waals surface area contributed by atoms with Crippen LogP contribution in [0.3, 0.4) is 0 Å². The first-order valence-electron chi connectivity index (χ1n) is 8.16. The summed E-state index contributed by atoms with van der Waals surface area (Å²) in [6.45, 7) is 7.07. The zero-order valence-corrected chi connectivity index (χ0v) is 14.8. The van der Waals surface area contributed by atoms with E-state index in [0.29, 0.717) is 13.1 Å². The first kappa shape index (κ1) is 16.7. The summed E-state index contributed by atoms with van der Waals surface area (Å²) in [5, 5.41) is 3.76. The second-order valence-electron chi connectivity index (χ2n) is 6.20. The average molecular weight is 344 g/mol. The van der Waals surface area contributed by atoms with E-state index in [1.165, 1.54) is 5.56 Å². The fraction of sp³-hybridized carbons (Fsp3) is 0.316. The standard InChI is InChI=1S/C19H22ClN3O/c1-14-6-7-18(15(2)12-14)21-19(24)23-10-8-22(9-11-23)17-5-3-4-16(20)13-17/h3-7,12-13H,8-11H2,1-2H3,(H,21,24). The Balaban J connectivity index is 1.59. The molecule has 24 heavy (non-hydrogen) atoms. The van der Waals surface area contributed by atoms with Gasteiger partial charge in [0, 0.05) is 42.6 Å². The number of hydrogen-bond donors (Lipinski definition) is 1. The molecule has 0 unspecified atom stereocenters. The number of urea groups is 1. The molecule has 126 valence electrons. The van der Waals surface area contributed by atoms with Crippen molar-refractivity contribution in [2.75, 3.05) is 36.4 Å². The molecule has 0 saturated carbocycles. The molecule has 0 radical (unpaired) electrons. The maximum Gasteiger partial charge on any atom is 0.321 e. The van der Waals surface area contributed by atoms with Crippen LogP contribution < -0.4 is 10.2 Å². The van der Waals surface area contributed by atoms with Gasteiger partial charge in [0.2, 0.25) is 0 Å². The van der Waals surface area contributed by atoms with Gasteiger partial charge in [0.1, 0.15) is 0 Å². The van der Waals surface area contributed by atoms with Crippen molar-refractivity contribution in [1.82, 2.24) is 4.90 Å². The lowest BCUT2D eigenvalue weighted by Gasteiger charge is -2.36. The van der Waals surface area contributed by atoms with Crippen molar-refractivity contribution < 1.29 is 4.79 Å². The van der Waals surface area contributed by atoms with Crippen molar-refractivity contribution >= 4 is 29.0 Å². The number of nitrogens with zero attached hydrogens (tertiary/aromatic N) is 2. The first-order valence-corrected chi connectivity index (χ1v) is 8.54. The number of rotatable bonds is 2. The number of benzene rings is 2. The Morgan fingerprint density at radius 1 is 1.04 bits per heavy atom. The van der Waals surface area contributed by atoms with E-state index >= 15 is 0 Å². The Morgan fingerprint density at radius 2 is 1.79 bits per heavy atom. The molecule has 0 spiro atoms. The van der Waals surface area contributed by atoms with Crippen LogP contribution in [0.4, 0.5) is 16.2 Å². The first-order chi connectivity index (χ1) is 11.5. The molecule has 1 fully saturated rings. The topological polar surface area (TPSA) is 35.6 Å². The molecule has 2 amide bonds. The smallest absolute Gasteiger partial charge is 0.321 e. The Kier molecular flexibility index (Phi) is 4.95. The summed E-state index contributed by atoms with van der Waals surface area (Å²) in [4.78, 5) is 16.6. The normalized spacial score (nSPS) is 14.6. The third-order valence-electron chi connectivity index (χ3n) is 4.36. The number of carbonyl (C=O) groups is 1. The molecule has 4 nitrogen and oxygen atoms in total. The van der Waals surface area contributed by atoms with Gasteiger partial charge in [0.05, 0.1) is 0 Å². The van der Waals surface area contributed by atoms with Crippen LogP contribution in [0, 0.1) is 13.8 Å². The van der Waals surface area contributed by atoms with Gasteiger partial charge in [0.25, 0.3) is 0 Å². The predicted molar refractivity (Wildman–Crippen MR) is 100 cm³/mol. The number of carbonyl (C=O) groups excluding carboxylic acids is 1. The van der Waals surface area contributed by atoms with Crippen molar-refractivity contribution in [3.63, 3.8) is 0 Å². The van der Waals surface area contributed by atoms with E-state index in [1.807, 2.05) is 49.1 Å². The Hall–Kier alpha value is -2.20. The van der Waals surface area contributed by atoms with Gasteiger partial charge in [-0.1, -0.05) is 35.4 Å². The van der Waals surface area contributed by atoms with Crippen LogP contribution in [-0.2, 0) is 0 Å². The van der Waals surface area contributed by atoms with Gasteiger partial charge in [0.15, 0.2) is 0 Å². The van der Waals surface area contributed by atoms with Gasteiger partial charge in [-0.3, -0.25) is 0 Å². The summed E-state index contributed by atoms with van der Waals surface area (Å²) in [5.74, 6) is 0. The highest BCUT2D eigenvalue weighted by molar-refractivity contribution is 6.30. The fourth-order valence-corrected chi connectivity index (χ4v) is 3.17. The number of amides is 2. The molecule has 1 N–H and O–H groups in total. The summed E-state index contributed by atoms with van der Waals surface area (Å²) in [7, 11) is 0. The van der Waals surface area contributed by atoms with Gasteiger partial charge in [-0.2, -0.15) is 0 Å². The second-order valence-corrected chi connectivity index (χ2v) is 6.64. The summed E-state index contributed by atoms with van der Waals surface area (Å²) in [5.41, 5.74) is 4.27. The number of halogens is 1. The lowest BCUT2D eigenvalue weighted by Crippen LogP contribution is -2.50. The molecule has 0 aromatic heterocycles. The molecule has 5 heteroatoms. The van der Waals surface area contributed by atoms with E-state index < -0.39 is 0 Å². The van der Waals surface area contributed by atoms with Crippen molar-refractivity contribution in [3.05, 3.63) is 58.6 Å². The molecule has 2 aromatic carbocycles. The summed E-state index contributed by atoms with van der Waals surface area (Å²) >= 11 is 6.06. The highest BCUT2D eigenvalue weighted by Crippen LogP contribution is 2.21. The summed E-state index contributed by atoms with van der Waals surface area (Å²) in [6, 6.07) is 13.9. The van der Waals surface area contributed by atoms with E-state index in [4.69, 9.17) is 11.6 Å². The van der Waals surface area contributed by atoms with E-state index in [0.717, 1.165) is 35.1 Å². The molecule has 3 rings (SSSR count). The number of aryl methyl sites for hydroxylation is 2. The maximum absolute atomic E-state index is 12.5. The molecular formula is C19H22ClN3O. The summed E-state index contributed by atoms with van der Waals surface area (Å²) < 4.78 is 0. The molecule has 1 saturated heterocycles. The minimum atomic E-state index is -0.0345. The quantitative estimate of drug-likeness (QED) is 0.881. The third-order valence-corrected chi connectivity index (χ3v) is 4.60. The number of anilines is 2. The van der Waals surface area contributed by atoms with Crippen molar-refractivity contribution in [1.29, 1.82) is 0 Å². The van der Waals surface area contributed by atoms with E-state index in [9.17, 15) is 4.79 Å². The van der Waals surface area contributed by atoms with Crippen LogP contribution in [0.25, 0.3) is 0 Å². The molecular weight excluding hydrogens is 322 g/mol. The van der Waals surface area contributed by atoms with Crippen LogP contribution in [0.15, 0.2) is 42.5 Å². The monoisotopic (exact) mass is 343 g/mol. The van der Waals surface area contributed by atoms with Crippen LogP contribution >= 0.6 is 11.6 Å². The Labute approximate surface area is 148 Å². The number of hydrogen-bond acceptors (Lipinski definition) is 2. The van der Waals surface area contributed by atoms with Crippen LogP contribution in [-0.4, -0.2) is 37.1 Å². The molecule has 1 aliphatic rings. The van der Waals surface area contributed by atoms with Gasteiger partial charge >= 0.3 is 6.03 Å². The molecule has 0 atom stereocenters. The van der Waals surface area contributed by atoms with E-state index in [1.54, 1.807) is 0 Å². The second kappa shape index (κ2) is 7.14. The number of piperazine rings is 1. The van der Waals surface area contributed by atoms with Gasteiger partial charge in [-0.25, -0.2) is 4.79 Å². The molecule has 0 bridgehead atoms. The van der Waals surface area contributed by atoms with E-state index in [-0.39, 0.29) is 6.03 Å². The highest BCUT2D eigenvalue weighted by Gasteiger charge is 2.21. The largest absolute Gasteiger partial charge is 0.368 e. The minimum Gasteiger partial charge on any atom is -0.368 e. The minimum absolute atomic E-state index is 0.0345. The lowest BCUT2D eigenvalue weighted by atomic mass is 10.1. The molecule has 2 aromatic rings. The number of nitrogens with one attached hydrogen (secondary N) is 1. The lowest BCUT2D eigenvalue weighted by molar-refractivity contribution is 0.208. The molecule has 0 aliphatic carbocycles. The Morgan fingerprint density at radius 3 is 2.46 bits per heavy atom. The average Bonchev–Trinajstić information content (AvgIpc) is 2.57. The SMILES string of the molecule is Cc1ccc(NC(=O)N2CCN(c3cccc(Cl)c3)CC2)c(C)c1. The van der Waals surface area contributed by atoms with Crippen molar-refractivity contribution in [2.45, 2.75) is 13.8 Å². The van der Waals surface area contributed by atoms with Gasteiger partial charge in [-0.05, 0) is 43.7 Å². The fourth-order valence-electron chi connectivity index (χ4n) is 2.99. The molecule has 1 heterocycles. The summed E-state index contributed by atoms with van der Waals surface area (Å²) in [6.07, 6.45) is 0. The van der Waals surface area contributed by atoms with Crippen LogP contribution in [0.1, 0.15) is 11.1 Å². The van der Waals surface area contributed by atoms with E-state index in [2.05, 4.69) is 22.3 Å². The third kappa shape index (κ3) is 3.82. The Bertz CT molecular complexity index is 739. The zero-order chi connectivity index (χ0) is 17.1. The van der Waals surface area contributed by atoms with Crippen LogP contribution in [0.5, 0.6) is 0 Å².